The summed E-state index contributed by atoms with van der Waals surface area (Å²) in [7, 11) is 0. The molecule has 0 aliphatic heterocycles. The standard InChI is InChI=1S/C20H20N4O4/c1-13-7-9-16(10-8-13)23-15(3)20(14(2)22-23)21-19(25)12-28-18-6-4-5-17(11-18)24(26)27/h4-11H,12H2,1-3H3,(H,21,25). The molecule has 8 nitrogen and oxygen atoms in total. The van der Waals surface area contributed by atoms with Crippen molar-refractivity contribution in [3.63, 3.8) is 0 Å². The average molecular weight is 380 g/mol. The van der Waals surface area contributed by atoms with Gasteiger partial charge in [-0.1, -0.05) is 23.8 Å². The first-order valence-corrected chi connectivity index (χ1v) is 8.65. The zero-order chi connectivity index (χ0) is 20.3. The maximum absolute atomic E-state index is 12.3. The van der Waals surface area contributed by atoms with Crippen molar-refractivity contribution in [2.24, 2.45) is 0 Å². The predicted molar refractivity (Wildman–Crippen MR) is 105 cm³/mol. The maximum Gasteiger partial charge on any atom is 0.273 e. The van der Waals surface area contributed by atoms with E-state index in [-0.39, 0.29) is 24.0 Å². The van der Waals surface area contributed by atoms with Gasteiger partial charge in [-0.25, -0.2) is 4.68 Å². The summed E-state index contributed by atoms with van der Waals surface area (Å²) < 4.78 is 7.14. The Labute approximate surface area is 161 Å². The van der Waals surface area contributed by atoms with E-state index in [4.69, 9.17) is 4.74 Å². The summed E-state index contributed by atoms with van der Waals surface area (Å²) in [4.78, 5) is 22.6. The first-order valence-electron chi connectivity index (χ1n) is 8.65. The summed E-state index contributed by atoms with van der Waals surface area (Å²) in [5.74, 6) is -0.116. The van der Waals surface area contributed by atoms with Crippen LogP contribution < -0.4 is 10.1 Å². The highest BCUT2D eigenvalue weighted by Gasteiger charge is 2.16. The Hall–Kier alpha value is -3.68. The van der Waals surface area contributed by atoms with Crippen LogP contribution in [-0.2, 0) is 4.79 Å². The minimum Gasteiger partial charge on any atom is -0.484 e. The molecule has 1 N–H and O–H groups in total. The van der Waals surface area contributed by atoms with Crippen molar-refractivity contribution in [1.82, 2.24) is 9.78 Å². The molecule has 28 heavy (non-hydrogen) atoms. The fourth-order valence-electron chi connectivity index (χ4n) is 2.77. The molecule has 0 aliphatic rings. The highest BCUT2D eigenvalue weighted by atomic mass is 16.6. The molecule has 0 spiro atoms. The molecule has 3 rings (SSSR count). The normalized spacial score (nSPS) is 10.5. The van der Waals surface area contributed by atoms with Gasteiger partial charge in [-0.15, -0.1) is 0 Å². The van der Waals surface area contributed by atoms with Crippen LogP contribution in [0.4, 0.5) is 11.4 Å². The van der Waals surface area contributed by atoms with Gasteiger partial charge in [0.15, 0.2) is 6.61 Å². The van der Waals surface area contributed by atoms with Crippen LogP contribution in [0.1, 0.15) is 17.0 Å². The third-order valence-corrected chi connectivity index (χ3v) is 4.23. The highest BCUT2D eigenvalue weighted by Crippen LogP contribution is 2.23. The Morgan fingerprint density at radius 3 is 2.57 bits per heavy atom. The van der Waals surface area contributed by atoms with Gasteiger partial charge in [0.05, 0.1) is 33.8 Å². The number of carbonyl (C=O) groups is 1. The van der Waals surface area contributed by atoms with Crippen LogP contribution in [0.15, 0.2) is 48.5 Å². The molecule has 2 aromatic carbocycles. The second-order valence-electron chi connectivity index (χ2n) is 6.38. The number of benzene rings is 2. The molecule has 1 heterocycles. The van der Waals surface area contributed by atoms with Gasteiger partial charge in [0.2, 0.25) is 0 Å². The lowest BCUT2D eigenvalue weighted by Crippen LogP contribution is -2.21. The average Bonchev–Trinajstić information content (AvgIpc) is 2.95. The second-order valence-corrected chi connectivity index (χ2v) is 6.38. The van der Waals surface area contributed by atoms with E-state index < -0.39 is 4.92 Å². The fraction of sp³-hybridized carbons (Fsp3) is 0.200. The molecule has 0 aliphatic carbocycles. The van der Waals surface area contributed by atoms with Crippen LogP contribution in [0.25, 0.3) is 5.69 Å². The molecule has 144 valence electrons. The second kappa shape index (κ2) is 7.91. The number of hydrogen-bond donors (Lipinski definition) is 1. The number of non-ortho nitro benzene ring substituents is 1. The lowest BCUT2D eigenvalue weighted by atomic mass is 10.2. The van der Waals surface area contributed by atoms with E-state index in [0.29, 0.717) is 11.4 Å². The number of aryl methyl sites for hydroxylation is 2. The number of nitrogens with one attached hydrogen (secondary N) is 1. The molecule has 0 saturated carbocycles. The van der Waals surface area contributed by atoms with Crippen molar-refractivity contribution in [3.05, 3.63) is 75.6 Å². The van der Waals surface area contributed by atoms with Crippen molar-refractivity contribution in [2.45, 2.75) is 20.8 Å². The molecular weight excluding hydrogens is 360 g/mol. The topological polar surface area (TPSA) is 99.3 Å². The number of ether oxygens (including phenoxy) is 1. The Bertz CT molecular complexity index is 1030. The van der Waals surface area contributed by atoms with E-state index in [1.807, 2.05) is 45.0 Å². The third-order valence-electron chi connectivity index (χ3n) is 4.23. The number of nitro benzene ring substituents is 1. The van der Waals surface area contributed by atoms with E-state index in [2.05, 4.69) is 10.4 Å². The van der Waals surface area contributed by atoms with Crippen molar-refractivity contribution < 1.29 is 14.5 Å². The molecule has 0 atom stereocenters. The Morgan fingerprint density at radius 1 is 1.18 bits per heavy atom. The van der Waals surface area contributed by atoms with Gasteiger partial charge in [0.25, 0.3) is 11.6 Å². The van der Waals surface area contributed by atoms with Crippen LogP contribution in [0.3, 0.4) is 0 Å². The summed E-state index contributed by atoms with van der Waals surface area (Å²) in [5, 5.41) is 18.1. The third kappa shape index (κ3) is 4.17. The van der Waals surface area contributed by atoms with E-state index in [9.17, 15) is 14.9 Å². The summed E-state index contributed by atoms with van der Waals surface area (Å²) in [6, 6.07) is 13.6. The van der Waals surface area contributed by atoms with Gasteiger partial charge in [-0.2, -0.15) is 5.10 Å². The van der Waals surface area contributed by atoms with Crippen LogP contribution in [0.5, 0.6) is 5.75 Å². The fourth-order valence-corrected chi connectivity index (χ4v) is 2.77. The smallest absolute Gasteiger partial charge is 0.273 e. The monoisotopic (exact) mass is 380 g/mol. The SMILES string of the molecule is Cc1ccc(-n2nc(C)c(NC(=O)COc3cccc([N+](=O)[O-])c3)c2C)cc1. The first-order chi connectivity index (χ1) is 13.3. The number of rotatable bonds is 6. The van der Waals surface area contributed by atoms with Crippen molar-refractivity contribution >= 4 is 17.3 Å². The van der Waals surface area contributed by atoms with Gasteiger partial charge >= 0.3 is 0 Å². The Kier molecular flexibility index (Phi) is 5.39. The van der Waals surface area contributed by atoms with Crippen LogP contribution in [0.2, 0.25) is 0 Å². The van der Waals surface area contributed by atoms with E-state index in [0.717, 1.165) is 16.9 Å². The van der Waals surface area contributed by atoms with E-state index >= 15 is 0 Å². The van der Waals surface area contributed by atoms with Gasteiger partial charge in [0.1, 0.15) is 5.75 Å². The summed E-state index contributed by atoms with van der Waals surface area (Å²) in [5.41, 5.74) is 4.06. The molecule has 8 heteroatoms. The van der Waals surface area contributed by atoms with Crippen LogP contribution >= 0.6 is 0 Å². The van der Waals surface area contributed by atoms with E-state index in [1.165, 1.54) is 18.2 Å². The zero-order valence-electron chi connectivity index (χ0n) is 15.8. The Balaban J connectivity index is 1.70. The van der Waals surface area contributed by atoms with Crippen LogP contribution in [-0.4, -0.2) is 27.2 Å². The first kappa shape index (κ1) is 19.1. The minimum atomic E-state index is -0.515. The number of nitrogens with zero attached hydrogens (tertiary/aromatic N) is 3. The largest absolute Gasteiger partial charge is 0.484 e. The molecule has 1 amide bonds. The quantitative estimate of drug-likeness (QED) is 0.519. The predicted octanol–water partition coefficient (Wildman–Crippen LogP) is 3.72. The Morgan fingerprint density at radius 2 is 1.89 bits per heavy atom. The molecule has 0 fully saturated rings. The van der Waals surface area contributed by atoms with Crippen molar-refractivity contribution in [1.29, 1.82) is 0 Å². The molecule has 1 aromatic heterocycles. The number of carbonyl (C=O) groups excluding carboxylic acids is 1. The summed E-state index contributed by atoms with van der Waals surface area (Å²) in [6.07, 6.45) is 0. The number of anilines is 1. The van der Waals surface area contributed by atoms with Crippen LogP contribution in [0, 0.1) is 30.9 Å². The van der Waals surface area contributed by atoms with Gasteiger partial charge in [0, 0.05) is 6.07 Å². The summed E-state index contributed by atoms with van der Waals surface area (Å²) in [6.45, 7) is 5.43. The maximum atomic E-state index is 12.3. The zero-order valence-corrected chi connectivity index (χ0v) is 15.8. The lowest BCUT2D eigenvalue weighted by Gasteiger charge is -2.09. The molecule has 0 unspecified atom stereocenters. The van der Waals surface area contributed by atoms with E-state index in [1.54, 1.807) is 10.7 Å². The van der Waals surface area contributed by atoms with Gasteiger partial charge in [-0.3, -0.25) is 14.9 Å². The van der Waals surface area contributed by atoms with Crippen molar-refractivity contribution in [2.75, 3.05) is 11.9 Å². The summed E-state index contributed by atoms with van der Waals surface area (Å²) >= 11 is 0. The number of aromatic nitrogens is 2. The number of amides is 1. The highest BCUT2D eigenvalue weighted by molar-refractivity contribution is 5.93. The molecular formula is C20H20N4O4. The molecule has 0 saturated heterocycles. The molecule has 0 radical (unpaired) electrons. The minimum absolute atomic E-state index is 0.0935. The van der Waals surface area contributed by atoms with Gasteiger partial charge in [-0.05, 0) is 39.0 Å². The number of nitro groups is 1. The molecule has 3 aromatic rings. The lowest BCUT2D eigenvalue weighted by molar-refractivity contribution is -0.384. The van der Waals surface area contributed by atoms with Gasteiger partial charge < -0.3 is 10.1 Å². The number of hydrogen-bond acceptors (Lipinski definition) is 5. The van der Waals surface area contributed by atoms with Crippen molar-refractivity contribution in [3.8, 4) is 11.4 Å². The molecule has 0 bridgehead atoms.